The van der Waals surface area contributed by atoms with Crippen LogP contribution in [-0.4, -0.2) is 30.4 Å². The number of hydrogen-bond donors (Lipinski definition) is 1. The summed E-state index contributed by atoms with van der Waals surface area (Å²) in [6, 6.07) is 27.8. The number of carboxylic acid groups (broad SMARTS) is 1. The van der Waals surface area contributed by atoms with E-state index < -0.39 is 23.1 Å². The number of ether oxygens (including phenoxy) is 1. The van der Waals surface area contributed by atoms with Gasteiger partial charge in [0.25, 0.3) is 0 Å². The SMILES string of the molecule is CC(C)(C)Sc1c(CC(C)(C)C(=O)O)n(Cc2ccc(-c3ccc(C(F)(F)F)cn3)cc2)c2ccc(OCc3ccc4ccccc4n3)cc12. The van der Waals surface area contributed by atoms with Gasteiger partial charge >= 0.3 is 12.1 Å². The number of aromatic nitrogens is 3. The highest BCUT2D eigenvalue weighted by Crippen LogP contribution is 2.44. The van der Waals surface area contributed by atoms with Crippen LogP contribution in [0.5, 0.6) is 5.75 Å². The van der Waals surface area contributed by atoms with Crippen molar-refractivity contribution < 1.29 is 27.8 Å². The maximum atomic E-state index is 13.1. The number of para-hydroxylation sites is 1. The van der Waals surface area contributed by atoms with E-state index in [1.807, 2.05) is 78.9 Å². The molecular formula is C40H38F3N3O3S. The Morgan fingerprint density at radius 2 is 1.64 bits per heavy atom. The van der Waals surface area contributed by atoms with Crippen LogP contribution in [0.25, 0.3) is 33.1 Å². The number of hydrogen-bond acceptors (Lipinski definition) is 5. The molecule has 0 aliphatic heterocycles. The average Bonchev–Trinajstić information content (AvgIpc) is 3.32. The topological polar surface area (TPSA) is 77.2 Å². The first-order valence-corrected chi connectivity index (χ1v) is 17.1. The largest absolute Gasteiger partial charge is 0.487 e. The molecule has 258 valence electrons. The van der Waals surface area contributed by atoms with Crippen LogP contribution in [0.2, 0.25) is 0 Å². The Kier molecular flexibility index (Phi) is 9.43. The van der Waals surface area contributed by atoms with Crippen LogP contribution >= 0.6 is 11.8 Å². The molecule has 0 amide bonds. The predicted molar refractivity (Wildman–Crippen MR) is 193 cm³/mol. The molecule has 0 saturated carbocycles. The van der Waals surface area contributed by atoms with Crippen LogP contribution in [0.3, 0.4) is 0 Å². The second kappa shape index (κ2) is 13.5. The Morgan fingerprint density at radius 3 is 2.30 bits per heavy atom. The molecule has 6 nitrogen and oxygen atoms in total. The van der Waals surface area contributed by atoms with Crippen molar-refractivity contribution in [2.75, 3.05) is 0 Å². The monoisotopic (exact) mass is 697 g/mol. The smallest absolute Gasteiger partial charge is 0.417 e. The van der Waals surface area contributed by atoms with Gasteiger partial charge in [-0.3, -0.25) is 9.78 Å². The average molecular weight is 698 g/mol. The number of rotatable bonds is 10. The number of benzene rings is 3. The zero-order valence-electron chi connectivity index (χ0n) is 28.5. The molecule has 10 heteroatoms. The van der Waals surface area contributed by atoms with Crippen LogP contribution in [-0.2, 0) is 30.5 Å². The zero-order valence-corrected chi connectivity index (χ0v) is 29.3. The number of aliphatic carboxylic acids is 1. The molecule has 6 aromatic rings. The van der Waals surface area contributed by atoms with Gasteiger partial charge in [0.1, 0.15) is 12.4 Å². The molecule has 0 atom stereocenters. The highest BCUT2D eigenvalue weighted by molar-refractivity contribution is 8.00. The van der Waals surface area contributed by atoms with E-state index in [0.717, 1.165) is 55.9 Å². The second-order valence-electron chi connectivity index (χ2n) is 14.0. The van der Waals surface area contributed by atoms with Crippen molar-refractivity contribution in [3.05, 3.63) is 120 Å². The maximum absolute atomic E-state index is 13.1. The Labute approximate surface area is 293 Å². The number of alkyl halides is 3. The Bertz CT molecular complexity index is 2170. The fourth-order valence-electron chi connectivity index (χ4n) is 5.76. The molecule has 1 N–H and O–H groups in total. The van der Waals surface area contributed by atoms with Gasteiger partial charge in [0, 0.05) is 56.4 Å². The van der Waals surface area contributed by atoms with Crippen molar-refractivity contribution in [1.82, 2.24) is 14.5 Å². The van der Waals surface area contributed by atoms with Crippen molar-refractivity contribution in [1.29, 1.82) is 0 Å². The lowest BCUT2D eigenvalue weighted by Crippen LogP contribution is -2.28. The van der Waals surface area contributed by atoms with Gasteiger partial charge in [-0.2, -0.15) is 13.2 Å². The van der Waals surface area contributed by atoms with Crippen LogP contribution in [0, 0.1) is 5.41 Å². The highest BCUT2D eigenvalue weighted by Gasteiger charge is 2.33. The van der Waals surface area contributed by atoms with Crippen LogP contribution in [0.15, 0.2) is 102 Å². The second-order valence-corrected chi connectivity index (χ2v) is 15.9. The quantitative estimate of drug-likeness (QED) is 0.144. The van der Waals surface area contributed by atoms with Gasteiger partial charge < -0.3 is 14.4 Å². The number of carbonyl (C=O) groups is 1. The predicted octanol–water partition coefficient (Wildman–Crippen LogP) is 10.4. The number of nitrogens with zero attached hydrogens (tertiary/aromatic N) is 3. The van der Waals surface area contributed by atoms with Crippen molar-refractivity contribution in [2.45, 2.75) is 70.0 Å². The first-order valence-electron chi connectivity index (χ1n) is 16.2. The van der Waals surface area contributed by atoms with Crippen molar-refractivity contribution in [3.63, 3.8) is 0 Å². The maximum Gasteiger partial charge on any atom is 0.417 e. The van der Waals surface area contributed by atoms with Gasteiger partial charge in [0.05, 0.1) is 27.9 Å². The Balaban J connectivity index is 1.37. The van der Waals surface area contributed by atoms with E-state index in [2.05, 4.69) is 30.3 Å². The molecule has 0 aliphatic rings. The van der Waals surface area contributed by atoms with E-state index in [-0.39, 0.29) is 11.4 Å². The number of halogens is 3. The third kappa shape index (κ3) is 7.81. The number of fused-ring (bicyclic) bond motifs is 2. The van der Waals surface area contributed by atoms with Gasteiger partial charge in [-0.25, -0.2) is 4.98 Å². The first-order chi connectivity index (χ1) is 23.6. The van der Waals surface area contributed by atoms with Gasteiger partial charge in [0.2, 0.25) is 0 Å². The molecule has 50 heavy (non-hydrogen) atoms. The van der Waals surface area contributed by atoms with Gasteiger partial charge in [-0.1, -0.05) is 69.3 Å². The lowest BCUT2D eigenvalue weighted by Gasteiger charge is -2.24. The summed E-state index contributed by atoms with van der Waals surface area (Å²) >= 11 is 1.70. The Hall–Kier alpha value is -4.83. The van der Waals surface area contributed by atoms with Gasteiger partial charge in [0.15, 0.2) is 0 Å². The number of thioether (sulfide) groups is 1. The molecule has 0 unspecified atom stereocenters. The van der Waals surface area contributed by atoms with E-state index in [1.165, 1.54) is 6.07 Å². The highest BCUT2D eigenvalue weighted by atomic mass is 32.2. The van der Waals surface area contributed by atoms with Crippen molar-refractivity contribution in [2.24, 2.45) is 5.41 Å². The molecule has 3 aromatic carbocycles. The molecule has 6 rings (SSSR count). The van der Waals surface area contributed by atoms with E-state index in [9.17, 15) is 23.1 Å². The summed E-state index contributed by atoms with van der Waals surface area (Å²) in [5, 5.41) is 12.2. The fourth-order valence-corrected chi connectivity index (χ4v) is 6.94. The van der Waals surface area contributed by atoms with Gasteiger partial charge in [-0.05, 0) is 61.9 Å². The molecule has 0 saturated heterocycles. The molecule has 3 heterocycles. The number of pyridine rings is 2. The molecule has 0 aliphatic carbocycles. The van der Waals surface area contributed by atoms with Crippen LogP contribution < -0.4 is 4.74 Å². The molecule has 3 aromatic heterocycles. The molecule has 0 bridgehead atoms. The summed E-state index contributed by atoms with van der Waals surface area (Å²) in [5.41, 5.74) is 3.81. The van der Waals surface area contributed by atoms with Crippen LogP contribution in [0.1, 0.15) is 57.1 Å². The minimum atomic E-state index is -4.45. The molecule has 0 fully saturated rings. The van der Waals surface area contributed by atoms with E-state index in [4.69, 9.17) is 9.72 Å². The fraction of sp³-hybridized carbons (Fsp3) is 0.275. The molecular weight excluding hydrogens is 660 g/mol. The normalized spacial score (nSPS) is 12.5. The summed E-state index contributed by atoms with van der Waals surface area (Å²) in [6.07, 6.45) is -3.32. The summed E-state index contributed by atoms with van der Waals surface area (Å²) in [4.78, 5) is 22.2. The standard InChI is InChI=1S/C40H38F3N3O3S/c1-38(2,3)50-36-31-20-30(49-24-29-16-14-26-8-6-7-9-33(26)45-29)17-19-34(31)46(35(36)21-39(4,5)37(47)48)23-25-10-12-27(13-11-25)32-18-15-28(22-44-32)40(41,42)43/h6-20,22H,21,23-24H2,1-5H3,(H,47,48). The van der Waals surface area contributed by atoms with Gasteiger partial charge in [-0.15, -0.1) is 11.8 Å². The minimum absolute atomic E-state index is 0.177. The van der Waals surface area contributed by atoms with E-state index in [1.54, 1.807) is 25.6 Å². The van der Waals surface area contributed by atoms with Crippen molar-refractivity contribution in [3.8, 4) is 17.0 Å². The summed E-state index contributed by atoms with van der Waals surface area (Å²) < 4.78 is 47.4. The van der Waals surface area contributed by atoms with Crippen LogP contribution in [0.4, 0.5) is 13.2 Å². The third-order valence-electron chi connectivity index (χ3n) is 8.41. The zero-order chi connectivity index (χ0) is 35.8. The molecule has 0 spiro atoms. The van der Waals surface area contributed by atoms with E-state index >= 15 is 0 Å². The lowest BCUT2D eigenvalue weighted by molar-refractivity contribution is -0.147. The minimum Gasteiger partial charge on any atom is -0.487 e. The van der Waals surface area contributed by atoms with Crippen molar-refractivity contribution >= 4 is 39.5 Å². The summed E-state index contributed by atoms with van der Waals surface area (Å²) in [6.45, 7) is 10.6. The number of carboxylic acids is 1. The molecule has 0 radical (unpaired) electrons. The third-order valence-corrected chi connectivity index (χ3v) is 9.68. The van der Waals surface area contributed by atoms with E-state index in [0.29, 0.717) is 30.0 Å². The first kappa shape index (κ1) is 35.0. The summed E-state index contributed by atoms with van der Waals surface area (Å²) in [7, 11) is 0. The Morgan fingerprint density at radius 1 is 0.900 bits per heavy atom. The lowest BCUT2D eigenvalue weighted by atomic mass is 9.88. The summed E-state index contributed by atoms with van der Waals surface area (Å²) in [5.74, 6) is -0.209.